The van der Waals surface area contributed by atoms with Crippen LogP contribution in [-0.2, 0) is 14.3 Å². The molecule has 0 amide bonds. The minimum Gasteiger partial charge on any atom is -0.497 e. The second-order valence-corrected chi connectivity index (χ2v) is 3.09. The average molecular weight is 208 g/mol. The molecular weight excluding hydrogens is 199 g/mol. The fraction of sp³-hybridized carbons (Fsp3) is 0.182. The first-order chi connectivity index (χ1) is 7.22. The smallest absolute Gasteiger partial charge is 0.342 e. The summed E-state index contributed by atoms with van der Waals surface area (Å²) in [5.41, 5.74) is 0.784. The van der Waals surface area contributed by atoms with Crippen molar-refractivity contribution in [2.45, 2.75) is 0 Å². The lowest BCUT2D eigenvalue weighted by molar-refractivity contribution is -0.134. The molecule has 0 aromatic heterocycles. The van der Waals surface area contributed by atoms with Gasteiger partial charge in [0, 0.05) is 0 Å². The van der Waals surface area contributed by atoms with Crippen molar-refractivity contribution in [1.82, 2.24) is 0 Å². The number of hydrogen-bond acceptors (Lipinski definition) is 3. The summed E-state index contributed by atoms with van der Waals surface area (Å²) < 4.78 is 22.8. The zero-order chi connectivity index (χ0) is 10.8. The van der Waals surface area contributed by atoms with Crippen LogP contribution in [0.5, 0.6) is 0 Å². The molecule has 0 fully saturated rings. The van der Waals surface area contributed by atoms with E-state index in [1.165, 1.54) is 25.3 Å². The van der Waals surface area contributed by atoms with Gasteiger partial charge < -0.3 is 9.47 Å². The van der Waals surface area contributed by atoms with E-state index in [0.717, 1.165) is 0 Å². The summed E-state index contributed by atoms with van der Waals surface area (Å²) in [6, 6.07) is 5.78. The molecule has 0 radical (unpaired) electrons. The number of carbonyl (C=O) groups is 1. The minimum atomic E-state index is -0.475. The van der Waals surface area contributed by atoms with Gasteiger partial charge in [0.2, 0.25) is 0 Å². The first kappa shape index (κ1) is 9.71. The van der Waals surface area contributed by atoms with E-state index in [1.54, 1.807) is 6.07 Å². The molecule has 1 aliphatic rings. The van der Waals surface area contributed by atoms with E-state index in [-0.39, 0.29) is 6.61 Å². The lowest BCUT2D eigenvalue weighted by atomic mass is 10.1. The molecule has 0 unspecified atom stereocenters. The first-order valence-electron chi connectivity index (χ1n) is 4.42. The molecule has 1 aromatic carbocycles. The van der Waals surface area contributed by atoms with Gasteiger partial charge in [-0.3, -0.25) is 0 Å². The zero-order valence-electron chi connectivity index (χ0n) is 8.12. The predicted molar refractivity (Wildman–Crippen MR) is 51.3 cm³/mol. The monoisotopic (exact) mass is 208 g/mol. The number of esters is 1. The van der Waals surface area contributed by atoms with Crippen molar-refractivity contribution in [3.8, 4) is 0 Å². The maximum Gasteiger partial charge on any atom is 0.342 e. The van der Waals surface area contributed by atoms with Gasteiger partial charge in [-0.05, 0) is 17.7 Å². The lowest BCUT2D eigenvalue weighted by Crippen LogP contribution is -1.99. The highest BCUT2D eigenvalue weighted by atomic mass is 19.1. The van der Waals surface area contributed by atoms with E-state index in [4.69, 9.17) is 9.47 Å². The fourth-order valence-corrected chi connectivity index (χ4v) is 1.47. The van der Waals surface area contributed by atoms with Gasteiger partial charge >= 0.3 is 5.97 Å². The Hall–Kier alpha value is -1.84. The van der Waals surface area contributed by atoms with Crippen molar-refractivity contribution in [2.75, 3.05) is 13.7 Å². The van der Waals surface area contributed by atoms with E-state index in [9.17, 15) is 9.18 Å². The molecule has 15 heavy (non-hydrogen) atoms. The molecule has 0 aliphatic carbocycles. The zero-order valence-corrected chi connectivity index (χ0v) is 8.12. The fourth-order valence-electron chi connectivity index (χ4n) is 1.47. The Morgan fingerprint density at radius 2 is 2.27 bits per heavy atom. The van der Waals surface area contributed by atoms with E-state index in [2.05, 4.69) is 0 Å². The topological polar surface area (TPSA) is 35.5 Å². The van der Waals surface area contributed by atoms with Crippen LogP contribution < -0.4 is 0 Å². The van der Waals surface area contributed by atoms with Gasteiger partial charge in [0.1, 0.15) is 23.8 Å². The Kier molecular flexibility index (Phi) is 2.41. The average Bonchev–Trinajstić information content (AvgIpc) is 2.59. The number of carbonyl (C=O) groups excluding carboxylic acids is 1. The summed E-state index contributed by atoms with van der Waals surface area (Å²) in [6.45, 7) is 0.112. The number of ether oxygens (including phenoxy) is 2. The molecule has 0 N–H and O–H groups in total. The van der Waals surface area contributed by atoms with Crippen LogP contribution in [0.15, 0.2) is 30.0 Å². The Labute approximate surface area is 86.1 Å². The van der Waals surface area contributed by atoms with Crippen molar-refractivity contribution < 1.29 is 18.7 Å². The molecule has 1 aliphatic heterocycles. The Bertz CT molecular complexity index is 437. The third-order valence-electron chi connectivity index (χ3n) is 2.18. The molecule has 0 saturated carbocycles. The van der Waals surface area contributed by atoms with Gasteiger partial charge in [-0.2, -0.15) is 0 Å². The Morgan fingerprint density at radius 3 is 2.93 bits per heavy atom. The summed E-state index contributed by atoms with van der Waals surface area (Å²) in [5.74, 6) is -0.432. The molecule has 2 rings (SSSR count). The molecule has 78 valence electrons. The predicted octanol–water partition coefficient (Wildman–Crippen LogP) is 1.74. The van der Waals surface area contributed by atoms with Crippen LogP contribution in [0.25, 0.3) is 5.57 Å². The van der Waals surface area contributed by atoms with Gasteiger partial charge in [0.25, 0.3) is 0 Å². The highest BCUT2D eigenvalue weighted by molar-refractivity contribution is 6.18. The highest BCUT2D eigenvalue weighted by Gasteiger charge is 2.27. The van der Waals surface area contributed by atoms with E-state index in [1.807, 2.05) is 0 Å². The summed E-state index contributed by atoms with van der Waals surface area (Å²) in [6.07, 6.45) is 0. The van der Waals surface area contributed by atoms with Gasteiger partial charge in [0.15, 0.2) is 0 Å². The standard InChI is InChI=1S/C11H9FO3/c1-14-9-6-15-11(13)10(9)7-3-2-4-8(12)5-7/h2-5H,6H2,1H3. The first-order valence-corrected chi connectivity index (χ1v) is 4.42. The summed E-state index contributed by atoms with van der Waals surface area (Å²) in [5, 5.41) is 0. The number of cyclic esters (lactones) is 1. The van der Waals surface area contributed by atoms with E-state index < -0.39 is 11.8 Å². The largest absolute Gasteiger partial charge is 0.497 e. The van der Waals surface area contributed by atoms with Crippen LogP contribution >= 0.6 is 0 Å². The molecule has 1 aromatic rings. The van der Waals surface area contributed by atoms with Gasteiger partial charge in [-0.15, -0.1) is 0 Å². The van der Waals surface area contributed by atoms with Crippen LogP contribution in [0.1, 0.15) is 5.56 Å². The number of methoxy groups -OCH3 is 1. The van der Waals surface area contributed by atoms with Crippen molar-refractivity contribution >= 4 is 11.5 Å². The molecule has 0 bridgehead atoms. The van der Waals surface area contributed by atoms with Crippen LogP contribution in [0.3, 0.4) is 0 Å². The normalized spacial score (nSPS) is 15.5. The highest BCUT2D eigenvalue weighted by Crippen LogP contribution is 2.26. The molecular formula is C11H9FO3. The third kappa shape index (κ3) is 1.70. The summed E-state index contributed by atoms with van der Waals surface area (Å²) >= 11 is 0. The van der Waals surface area contributed by atoms with Crippen LogP contribution in [0, 0.1) is 5.82 Å². The molecule has 3 nitrogen and oxygen atoms in total. The summed E-state index contributed by atoms with van der Waals surface area (Å²) in [7, 11) is 1.45. The van der Waals surface area contributed by atoms with Crippen molar-refractivity contribution in [3.63, 3.8) is 0 Å². The number of rotatable bonds is 2. The Morgan fingerprint density at radius 1 is 1.47 bits per heavy atom. The summed E-state index contributed by atoms with van der Waals surface area (Å²) in [4.78, 5) is 11.4. The second-order valence-electron chi connectivity index (χ2n) is 3.09. The SMILES string of the molecule is COC1=C(c2cccc(F)c2)C(=O)OC1. The van der Waals surface area contributed by atoms with Crippen molar-refractivity contribution in [2.24, 2.45) is 0 Å². The number of hydrogen-bond donors (Lipinski definition) is 0. The van der Waals surface area contributed by atoms with Crippen LogP contribution in [0.2, 0.25) is 0 Å². The Balaban J connectivity index is 2.49. The minimum absolute atomic E-state index is 0.112. The van der Waals surface area contributed by atoms with Gasteiger partial charge in [-0.25, -0.2) is 9.18 Å². The quantitative estimate of drug-likeness (QED) is 0.694. The molecule has 0 atom stereocenters. The van der Waals surface area contributed by atoms with Gasteiger partial charge in [-0.1, -0.05) is 12.1 Å². The van der Waals surface area contributed by atoms with Crippen LogP contribution in [-0.4, -0.2) is 19.7 Å². The molecule has 4 heteroatoms. The van der Waals surface area contributed by atoms with Crippen LogP contribution in [0.4, 0.5) is 4.39 Å². The second kappa shape index (κ2) is 3.73. The van der Waals surface area contributed by atoms with Gasteiger partial charge in [0.05, 0.1) is 7.11 Å². The molecule has 1 heterocycles. The maximum absolute atomic E-state index is 13.0. The van der Waals surface area contributed by atoms with Crippen molar-refractivity contribution in [1.29, 1.82) is 0 Å². The van der Waals surface area contributed by atoms with E-state index >= 15 is 0 Å². The lowest BCUT2D eigenvalue weighted by Gasteiger charge is -2.02. The number of benzene rings is 1. The van der Waals surface area contributed by atoms with Crippen molar-refractivity contribution in [3.05, 3.63) is 41.4 Å². The van der Waals surface area contributed by atoms with E-state index in [0.29, 0.717) is 16.9 Å². The number of halogens is 1. The maximum atomic E-state index is 13.0. The third-order valence-corrected chi connectivity index (χ3v) is 2.18. The molecule has 0 saturated heterocycles. The molecule has 0 spiro atoms.